The van der Waals surface area contributed by atoms with Crippen LogP contribution in [0.2, 0.25) is 0 Å². The van der Waals surface area contributed by atoms with E-state index in [1.807, 2.05) is 6.92 Å². The summed E-state index contributed by atoms with van der Waals surface area (Å²) in [5, 5.41) is 2.95. The van der Waals surface area contributed by atoms with E-state index >= 15 is 0 Å². The Kier molecular flexibility index (Phi) is 6.85. The molecule has 1 atom stereocenters. The second kappa shape index (κ2) is 8.15. The van der Waals surface area contributed by atoms with E-state index in [2.05, 4.69) is 19.2 Å². The first-order chi connectivity index (χ1) is 9.38. The molecular formula is C15H23FN2OS. The zero-order valence-corrected chi connectivity index (χ0v) is 13.1. The summed E-state index contributed by atoms with van der Waals surface area (Å²) in [4.78, 5) is 12.4. The van der Waals surface area contributed by atoms with Crippen LogP contribution in [0.1, 0.15) is 33.6 Å². The summed E-state index contributed by atoms with van der Waals surface area (Å²) in [6, 6.07) is 4.35. The second-order valence-electron chi connectivity index (χ2n) is 5.41. The number of carbonyl (C=O) groups excluding carboxylic acids is 1. The molecule has 0 radical (unpaired) electrons. The molecule has 0 spiro atoms. The quantitative estimate of drug-likeness (QED) is 0.599. The largest absolute Gasteiger partial charge is 0.398 e. The van der Waals surface area contributed by atoms with E-state index in [-0.39, 0.29) is 23.5 Å². The minimum Gasteiger partial charge on any atom is -0.398 e. The van der Waals surface area contributed by atoms with Crippen LogP contribution in [-0.2, 0) is 4.79 Å². The minimum absolute atomic E-state index is 0.0464. The zero-order valence-electron chi connectivity index (χ0n) is 12.3. The van der Waals surface area contributed by atoms with Crippen LogP contribution < -0.4 is 11.1 Å². The second-order valence-corrected chi connectivity index (χ2v) is 6.43. The highest BCUT2D eigenvalue weighted by Crippen LogP contribution is 2.25. The van der Waals surface area contributed by atoms with Gasteiger partial charge >= 0.3 is 0 Å². The number of carbonyl (C=O) groups is 1. The summed E-state index contributed by atoms with van der Waals surface area (Å²) < 4.78 is 13.1. The van der Waals surface area contributed by atoms with Crippen molar-refractivity contribution in [3.8, 4) is 0 Å². The minimum atomic E-state index is -0.340. The van der Waals surface area contributed by atoms with E-state index in [1.54, 1.807) is 0 Å². The van der Waals surface area contributed by atoms with Crippen LogP contribution >= 0.6 is 11.8 Å². The van der Waals surface area contributed by atoms with Gasteiger partial charge in [-0.25, -0.2) is 4.39 Å². The van der Waals surface area contributed by atoms with Crippen molar-refractivity contribution in [1.29, 1.82) is 0 Å². The Morgan fingerprint density at radius 3 is 2.70 bits per heavy atom. The van der Waals surface area contributed by atoms with Gasteiger partial charge in [0.2, 0.25) is 5.91 Å². The highest BCUT2D eigenvalue weighted by Gasteiger charge is 2.10. The maximum absolute atomic E-state index is 13.1. The molecule has 1 aromatic carbocycles. The fourth-order valence-electron chi connectivity index (χ4n) is 1.75. The number of amides is 1. The Labute approximate surface area is 124 Å². The predicted octanol–water partition coefficient (Wildman–Crippen LogP) is 3.44. The average molecular weight is 298 g/mol. The fraction of sp³-hybridized carbons (Fsp3) is 0.533. The van der Waals surface area contributed by atoms with Gasteiger partial charge in [0.1, 0.15) is 5.82 Å². The molecule has 112 valence electrons. The molecule has 5 heteroatoms. The van der Waals surface area contributed by atoms with Crippen molar-refractivity contribution < 1.29 is 9.18 Å². The molecule has 1 rings (SSSR count). The number of rotatable bonds is 7. The van der Waals surface area contributed by atoms with Crippen molar-refractivity contribution in [3.05, 3.63) is 24.0 Å². The lowest BCUT2D eigenvalue weighted by Gasteiger charge is -2.15. The van der Waals surface area contributed by atoms with E-state index in [0.717, 1.165) is 12.8 Å². The smallest absolute Gasteiger partial charge is 0.230 e. The molecule has 0 saturated heterocycles. The average Bonchev–Trinajstić information content (AvgIpc) is 2.37. The number of hydrogen-bond donors (Lipinski definition) is 2. The standard InChI is InChI=1S/C15H23FN2OS/c1-10(2)4-5-11(3)18-15(19)9-20-14-8-12(16)6-7-13(14)17/h6-8,10-11H,4-5,9,17H2,1-3H3,(H,18,19). The molecule has 1 amide bonds. The van der Waals surface area contributed by atoms with E-state index in [9.17, 15) is 9.18 Å². The van der Waals surface area contributed by atoms with Gasteiger partial charge in [-0.05, 0) is 43.9 Å². The number of nitrogens with one attached hydrogen (secondary N) is 1. The van der Waals surface area contributed by atoms with Crippen molar-refractivity contribution in [2.45, 2.75) is 44.6 Å². The molecule has 0 fully saturated rings. The summed E-state index contributed by atoms with van der Waals surface area (Å²) >= 11 is 1.26. The summed E-state index contributed by atoms with van der Waals surface area (Å²) in [5.41, 5.74) is 6.24. The lowest BCUT2D eigenvalue weighted by Crippen LogP contribution is -2.34. The van der Waals surface area contributed by atoms with E-state index in [1.165, 1.54) is 30.0 Å². The maximum Gasteiger partial charge on any atom is 0.230 e. The van der Waals surface area contributed by atoms with Crippen LogP contribution in [0.15, 0.2) is 23.1 Å². The monoisotopic (exact) mass is 298 g/mol. The lowest BCUT2D eigenvalue weighted by atomic mass is 10.0. The molecule has 0 aromatic heterocycles. The molecule has 0 saturated carbocycles. The first kappa shape index (κ1) is 16.8. The number of hydrogen-bond acceptors (Lipinski definition) is 3. The van der Waals surface area contributed by atoms with Crippen LogP contribution in [0.25, 0.3) is 0 Å². The summed E-state index contributed by atoms with van der Waals surface area (Å²) in [6.45, 7) is 6.33. The number of benzene rings is 1. The third-order valence-electron chi connectivity index (χ3n) is 2.92. The summed E-state index contributed by atoms with van der Waals surface area (Å²) in [7, 11) is 0. The Hall–Kier alpha value is -1.23. The van der Waals surface area contributed by atoms with Gasteiger partial charge in [-0.3, -0.25) is 4.79 Å². The van der Waals surface area contributed by atoms with Crippen LogP contribution in [0.3, 0.4) is 0 Å². The molecule has 1 aromatic rings. The van der Waals surface area contributed by atoms with Gasteiger partial charge in [0.15, 0.2) is 0 Å². The molecule has 1 unspecified atom stereocenters. The SMILES string of the molecule is CC(C)CCC(C)NC(=O)CSc1cc(F)ccc1N. The zero-order chi connectivity index (χ0) is 15.1. The lowest BCUT2D eigenvalue weighted by molar-refractivity contribution is -0.119. The number of nitrogen functional groups attached to an aromatic ring is 1. The van der Waals surface area contributed by atoms with Crippen LogP contribution in [0.4, 0.5) is 10.1 Å². The van der Waals surface area contributed by atoms with Crippen LogP contribution in [0, 0.1) is 11.7 Å². The van der Waals surface area contributed by atoms with E-state index in [4.69, 9.17) is 5.73 Å². The molecular weight excluding hydrogens is 275 g/mol. The molecule has 3 nitrogen and oxygen atoms in total. The number of nitrogens with two attached hydrogens (primary N) is 1. The number of thioether (sulfide) groups is 1. The normalized spacial score (nSPS) is 12.4. The Balaban J connectivity index is 2.37. The molecule has 0 aliphatic rings. The van der Waals surface area contributed by atoms with Crippen LogP contribution in [-0.4, -0.2) is 17.7 Å². The van der Waals surface area contributed by atoms with Gasteiger partial charge in [0.05, 0.1) is 5.75 Å². The van der Waals surface area contributed by atoms with Gasteiger partial charge in [-0.15, -0.1) is 11.8 Å². The Morgan fingerprint density at radius 1 is 1.35 bits per heavy atom. The predicted molar refractivity (Wildman–Crippen MR) is 83.2 cm³/mol. The van der Waals surface area contributed by atoms with Crippen molar-refractivity contribution in [2.75, 3.05) is 11.5 Å². The molecule has 0 aliphatic heterocycles. The van der Waals surface area contributed by atoms with Gasteiger partial charge < -0.3 is 11.1 Å². The molecule has 0 aliphatic carbocycles. The van der Waals surface area contributed by atoms with Crippen molar-refractivity contribution in [1.82, 2.24) is 5.32 Å². The van der Waals surface area contributed by atoms with E-state index < -0.39 is 0 Å². The first-order valence-corrected chi connectivity index (χ1v) is 7.84. The Bertz CT molecular complexity index is 451. The van der Waals surface area contributed by atoms with Crippen molar-refractivity contribution >= 4 is 23.4 Å². The van der Waals surface area contributed by atoms with Gasteiger partial charge in [-0.2, -0.15) is 0 Å². The van der Waals surface area contributed by atoms with Crippen LogP contribution in [0.5, 0.6) is 0 Å². The van der Waals surface area contributed by atoms with Crippen molar-refractivity contribution in [3.63, 3.8) is 0 Å². The van der Waals surface area contributed by atoms with Gasteiger partial charge in [-0.1, -0.05) is 13.8 Å². The van der Waals surface area contributed by atoms with Gasteiger partial charge in [0.25, 0.3) is 0 Å². The van der Waals surface area contributed by atoms with Crippen molar-refractivity contribution in [2.24, 2.45) is 5.92 Å². The van der Waals surface area contributed by atoms with Gasteiger partial charge in [0, 0.05) is 16.6 Å². The first-order valence-electron chi connectivity index (χ1n) is 6.85. The Morgan fingerprint density at radius 2 is 2.05 bits per heavy atom. The summed E-state index contributed by atoms with van der Waals surface area (Å²) in [5.74, 6) is 0.498. The summed E-state index contributed by atoms with van der Waals surface area (Å²) in [6.07, 6.45) is 2.06. The third kappa shape index (κ3) is 6.28. The number of anilines is 1. The highest BCUT2D eigenvalue weighted by molar-refractivity contribution is 8.00. The maximum atomic E-state index is 13.1. The molecule has 20 heavy (non-hydrogen) atoms. The molecule has 0 bridgehead atoms. The fourth-order valence-corrected chi connectivity index (χ4v) is 2.55. The third-order valence-corrected chi connectivity index (χ3v) is 3.99. The highest BCUT2D eigenvalue weighted by atomic mass is 32.2. The topological polar surface area (TPSA) is 55.1 Å². The van der Waals surface area contributed by atoms with E-state index in [0.29, 0.717) is 16.5 Å². The molecule has 3 N–H and O–H groups in total. The number of halogens is 1. The molecule has 0 heterocycles.